The largest absolute Gasteiger partial charge is 0.385 e. The summed E-state index contributed by atoms with van der Waals surface area (Å²) < 4.78 is 6.68. The molecule has 15 heavy (non-hydrogen) atoms. The first-order chi connectivity index (χ1) is 7.36. The molecule has 0 aliphatic carbocycles. The fourth-order valence-electron chi connectivity index (χ4n) is 1.30. The Bertz CT molecular complexity index is 283. The summed E-state index contributed by atoms with van der Waals surface area (Å²) >= 11 is 0. The number of hydrogen-bond donors (Lipinski definition) is 1. The average molecular weight is 209 g/mol. The Kier molecular flexibility index (Phi) is 5.73. The maximum absolute atomic E-state index is 4.97. The first-order valence-electron chi connectivity index (χ1n) is 5.22. The second kappa shape index (κ2) is 7.20. The van der Waals surface area contributed by atoms with Crippen molar-refractivity contribution in [3.8, 4) is 0 Å². The third-order valence-corrected chi connectivity index (χ3v) is 2.12. The summed E-state index contributed by atoms with van der Waals surface area (Å²) in [7, 11) is 1.73. The summed E-state index contributed by atoms with van der Waals surface area (Å²) in [5.74, 6) is 0. The van der Waals surface area contributed by atoms with Crippen molar-refractivity contribution in [2.75, 3.05) is 20.3 Å². The highest BCUT2D eigenvalue weighted by Gasteiger charge is 1.95. The van der Waals surface area contributed by atoms with Crippen LogP contribution in [-0.2, 0) is 11.3 Å². The van der Waals surface area contributed by atoms with E-state index in [9.17, 15) is 0 Å². The Hall–Kier alpha value is -1.13. The van der Waals surface area contributed by atoms with Crippen LogP contribution in [0.15, 0.2) is 19.0 Å². The van der Waals surface area contributed by atoms with Crippen molar-refractivity contribution >= 4 is 6.20 Å². The number of aromatic nitrogens is 2. The molecule has 0 atom stereocenters. The lowest BCUT2D eigenvalue weighted by Gasteiger charge is -2.02. The molecule has 0 bridgehead atoms. The van der Waals surface area contributed by atoms with E-state index < -0.39 is 0 Å². The summed E-state index contributed by atoms with van der Waals surface area (Å²) in [6.45, 7) is 6.36. The lowest BCUT2D eigenvalue weighted by molar-refractivity contribution is 0.192. The van der Waals surface area contributed by atoms with Crippen molar-refractivity contribution in [2.45, 2.75) is 19.4 Å². The molecular weight excluding hydrogens is 190 g/mol. The van der Waals surface area contributed by atoms with Gasteiger partial charge in [0.15, 0.2) is 0 Å². The number of unbranched alkanes of at least 4 members (excludes halogenated alkanes) is 1. The fourth-order valence-corrected chi connectivity index (χ4v) is 1.30. The van der Waals surface area contributed by atoms with E-state index in [1.807, 2.05) is 12.4 Å². The number of ether oxygens (including phenoxy) is 1. The molecule has 1 rings (SSSR count). The van der Waals surface area contributed by atoms with Crippen LogP contribution in [0.2, 0.25) is 0 Å². The van der Waals surface area contributed by atoms with Gasteiger partial charge >= 0.3 is 0 Å². The predicted molar refractivity (Wildman–Crippen MR) is 61.4 cm³/mol. The zero-order chi connectivity index (χ0) is 10.9. The number of nitrogens with zero attached hydrogens (tertiary/aromatic N) is 2. The van der Waals surface area contributed by atoms with Gasteiger partial charge in [0.2, 0.25) is 0 Å². The van der Waals surface area contributed by atoms with Gasteiger partial charge in [0, 0.05) is 38.2 Å². The number of nitrogens with one attached hydrogen (secondary N) is 1. The van der Waals surface area contributed by atoms with E-state index in [4.69, 9.17) is 4.74 Å². The normalized spacial score (nSPS) is 10.5. The second-order valence-corrected chi connectivity index (χ2v) is 3.39. The van der Waals surface area contributed by atoms with Crippen LogP contribution in [0.1, 0.15) is 18.4 Å². The molecule has 0 fully saturated rings. The third kappa shape index (κ3) is 4.76. The maximum atomic E-state index is 4.97. The quantitative estimate of drug-likeness (QED) is 0.659. The van der Waals surface area contributed by atoms with E-state index in [2.05, 4.69) is 17.0 Å². The minimum atomic E-state index is 0.843. The van der Waals surface area contributed by atoms with E-state index in [1.54, 1.807) is 18.0 Å². The predicted octanol–water partition coefficient (Wildman–Crippen LogP) is 1.50. The molecule has 0 unspecified atom stereocenters. The maximum Gasteiger partial charge on any atom is 0.0538 e. The molecule has 0 spiro atoms. The van der Waals surface area contributed by atoms with E-state index in [1.165, 1.54) is 5.56 Å². The van der Waals surface area contributed by atoms with Crippen LogP contribution in [-0.4, -0.2) is 30.0 Å². The molecule has 1 aromatic rings. The minimum Gasteiger partial charge on any atom is -0.385 e. The Balaban J connectivity index is 2.07. The molecule has 0 saturated heterocycles. The van der Waals surface area contributed by atoms with E-state index in [0.29, 0.717) is 0 Å². The lowest BCUT2D eigenvalue weighted by Crippen LogP contribution is -2.14. The molecular formula is C11H19N3O. The molecule has 0 aliphatic rings. The molecule has 0 amide bonds. The molecule has 0 radical (unpaired) electrons. The van der Waals surface area contributed by atoms with Gasteiger partial charge in [-0.2, -0.15) is 5.10 Å². The highest BCUT2D eigenvalue weighted by atomic mass is 16.5. The van der Waals surface area contributed by atoms with Gasteiger partial charge in [-0.1, -0.05) is 6.58 Å². The van der Waals surface area contributed by atoms with Gasteiger partial charge in [-0.3, -0.25) is 0 Å². The van der Waals surface area contributed by atoms with Crippen molar-refractivity contribution in [2.24, 2.45) is 0 Å². The molecule has 1 N–H and O–H groups in total. The number of rotatable bonds is 8. The molecule has 1 aromatic heterocycles. The molecule has 0 saturated carbocycles. The van der Waals surface area contributed by atoms with Crippen LogP contribution >= 0.6 is 0 Å². The monoisotopic (exact) mass is 209 g/mol. The van der Waals surface area contributed by atoms with Gasteiger partial charge in [0.25, 0.3) is 0 Å². The summed E-state index contributed by atoms with van der Waals surface area (Å²) in [4.78, 5) is 0. The standard InChI is InChI=1S/C11H19N3O/c1-3-14-10-11(9-13-14)8-12-6-4-5-7-15-2/h3,9-10,12H,1,4-8H2,2H3. The molecule has 4 heteroatoms. The van der Waals surface area contributed by atoms with Crippen LogP contribution in [0.5, 0.6) is 0 Å². The first kappa shape index (κ1) is 11.9. The minimum absolute atomic E-state index is 0.843. The SMILES string of the molecule is C=Cn1cc(CNCCCCOC)cn1. The topological polar surface area (TPSA) is 39.1 Å². The van der Waals surface area contributed by atoms with Gasteiger partial charge in [-0.15, -0.1) is 0 Å². The van der Waals surface area contributed by atoms with Crippen molar-refractivity contribution in [3.63, 3.8) is 0 Å². The van der Waals surface area contributed by atoms with Crippen molar-refractivity contribution in [3.05, 3.63) is 24.5 Å². The van der Waals surface area contributed by atoms with Gasteiger partial charge < -0.3 is 10.1 Å². The first-order valence-corrected chi connectivity index (χ1v) is 5.22. The van der Waals surface area contributed by atoms with Gasteiger partial charge in [-0.25, -0.2) is 4.68 Å². The Labute approximate surface area is 90.9 Å². The molecule has 84 valence electrons. The Morgan fingerprint density at radius 2 is 2.47 bits per heavy atom. The van der Waals surface area contributed by atoms with Crippen molar-refractivity contribution in [1.29, 1.82) is 0 Å². The van der Waals surface area contributed by atoms with Gasteiger partial charge in [0.1, 0.15) is 0 Å². The highest BCUT2D eigenvalue weighted by Crippen LogP contribution is 1.97. The summed E-state index contributed by atoms with van der Waals surface area (Å²) in [6, 6.07) is 0. The van der Waals surface area contributed by atoms with Crippen LogP contribution < -0.4 is 5.32 Å². The third-order valence-electron chi connectivity index (χ3n) is 2.12. The van der Waals surface area contributed by atoms with Gasteiger partial charge in [-0.05, 0) is 19.4 Å². The second-order valence-electron chi connectivity index (χ2n) is 3.39. The Morgan fingerprint density at radius 3 is 3.13 bits per heavy atom. The van der Waals surface area contributed by atoms with Crippen LogP contribution in [0.3, 0.4) is 0 Å². The molecule has 0 aliphatic heterocycles. The Morgan fingerprint density at radius 1 is 1.60 bits per heavy atom. The number of hydrogen-bond acceptors (Lipinski definition) is 3. The molecule has 1 heterocycles. The van der Waals surface area contributed by atoms with Crippen LogP contribution in [0, 0.1) is 0 Å². The summed E-state index contributed by atoms with van der Waals surface area (Å²) in [5.41, 5.74) is 1.18. The van der Waals surface area contributed by atoms with E-state index in [0.717, 1.165) is 32.5 Å². The average Bonchev–Trinajstić information content (AvgIpc) is 2.71. The number of methoxy groups -OCH3 is 1. The lowest BCUT2D eigenvalue weighted by atomic mass is 10.3. The van der Waals surface area contributed by atoms with Crippen LogP contribution in [0.25, 0.3) is 6.20 Å². The van der Waals surface area contributed by atoms with Gasteiger partial charge in [0.05, 0.1) is 6.20 Å². The zero-order valence-electron chi connectivity index (χ0n) is 9.28. The summed E-state index contributed by atoms with van der Waals surface area (Å²) in [6.07, 6.45) is 7.75. The summed E-state index contributed by atoms with van der Waals surface area (Å²) in [5, 5.41) is 7.46. The smallest absolute Gasteiger partial charge is 0.0538 e. The van der Waals surface area contributed by atoms with E-state index in [-0.39, 0.29) is 0 Å². The zero-order valence-corrected chi connectivity index (χ0v) is 9.28. The fraction of sp³-hybridized carbons (Fsp3) is 0.545. The van der Waals surface area contributed by atoms with Crippen LogP contribution in [0.4, 0.5) is 0 Å². The molecule has 0 aromatic carbocycles. The van der Waals surface area contributed by atoms with Crippen molar-refractivity contribution < 1.29 is 4.74 Å². The molecule has 4 nitrogen and oxygen atoms in total. The van der Waals surface area contributed by atoms with Crippen molar-refractivity contribution in [1.82, 2.24) is 15.1 Å². The van der Waals surface area contributed by atoms with E-state index >= 15 is 0 Å². The highest BCUT2D eigenvalue weighted by molar-refractivity contribution is 5.17.